The normalized spacial score (nSPS) is 15.1. The Morgan fingerprint density at radius 2 is 1.45 bits per heavy atom. The summed E-state index contributed by atoms with van der Waals surface area (Å²) in [7, 11) is -3.43. The molecule has 1 fully saturated rings. The van der Waals surface area contributed by atoms with Crippen LogP contribution in [0.15, 0.2) is 78.9 Å². The average Bonchev–Trinajstić information content (AvgIpc) is 2.89. The molecule has 2 amide bonds. The quantitative estimate of drug-likeness (QED) is 0.424. The Balaban J connectivity index is 1.31. The first kappa shape index (κ1) is 27.5. The van der Waals surface area contributed by atoms with E-state index in [1.54, 1.807) is 36.4 Å². The van der Waals surface area contributed by atoms with E-state index < -0.39 is 10.0 Å². The third-order valence-corrected chi connectivity index (χ3v) is 8.66. The van der Waals surface area contributed by atoms with Crippen molar-refractivity contribution in [2.45, 2.75) is 44.8 Å². The van der Waals surface area contributed by atoms with Crippen LogP contribution in [0.5, 0.6) is 0 Å². The van der Waals surface area contributed by atoms with Gasteiger partial charge in [0.1, 0.15) is 0 Å². The van der Waals surface area contributed by atoms with E-state index in [2.05, 4.69) is 31.4 Å². The Morgan fingerprint density at radius 3 is 2.05 bits per heavy atom. The van der Waals surface area contributed by atoms with Crippen molar-refractivity contribution in [2.75, 3.05) is 23.7 Å². The van der Waals surface area contributed by atoms with Gasteiger partial charge in [0.15, 0.2) is 0 Å². The molecule has 2 N–H and O–H groups in total. The van der Waals surface area contributed by atoms with Crippen molar-refractivity contribution in [3.8, 4) is 0 Å². The van der Waals surface area contributed by atoms with Crippen LogP contribution >= 0.6 is 0 Å². The third-order valence-electron chi connectivity index (χ3n) is 6.81. The summed E-state index contributed by atoms with van der Waals surface area (Å²) in [5.74, 6) is -0.689. The average molecular weight is 534 g/mol. The smallest absolute Gasteiger partial charge is 0.255 e. The van der Waals surface area contributed by atoms with Crippen LogP contribution in [-0.4, -0.2) is 37.6 Å². The zero-order valence-electron chi connectivity index (χ0n) is 22.1. The van der Waals surface area contributed by atoms with Crippen molar-refractivity contribution in [1.82, 2.24) is 4.31 Å². The number of hydrogen-bond donors (Lipinski definition) is 2. The minimum atomic E-state index is -3.43. The Hall–Kier alpha value is -3.49. The molecule has 0 spiro atoms. The fourth-order valence-corrected chi connectivity index (χ4v) is 6.08. The van der Waals surface area contributed by atoms with E-state index in [4.69, 9.17) is 0 Å². The number of sulfonamides is 1. The lowest BCUT2D eigenvalue weighted by Gasteiger charge is -2.30. The largest absolute Gasteiger partial charge is 0.326 e. The zero-order chi connectivity index (χ0) is 27.3. The summed E-state index contributed by atoms with van der Waals surface area (Å²) in [5.41, 5.74) is 3.62. The minimum absolute atomic E-state index is 0.00851. The van der Waals surface area contributed by atoms with Crippen LogP contribution in [0.4, 0.5) is 11.4 Å². The standard InChI is InChI=1S/C30H35N3O4S/c1-30(2,3)25-14-12-23(13-15-25)28(34)31-26-10-7-11-27(20-26)32-29(35)24-16-18-33(19-17-24)38(36,37)21-22-8-5-4-6-9-22/h4-15,20,24H,16-19,21H2,1-3H3,(H,31,34)(H,32,35). The Labute approximate surface area is 225 Å². The summed E-state index contributed by atoms with van der Waals surface area (Å²) in [6.45, 7) is 7.01. The maximum atomic E-state index is 12.9. The molecule has 1 saturated heterocycles. The number of benzene rings is 3. The summed E-state index contributed by atoms with van der Waals surface area (Å²) in [4.78, 5) is 25.6. The second kappa shape index (κ2) is 11.5. The molecule has 0 unspecified atom stereocenters. The van der Waals surface area contributed by atoms with Gasteiger partial charge in [0.05, 0.1) is 5.75 Å². The van der Waals surface area contributed by atoms with Gasteiger partial charge in [-0.2, -0.15) is 0 Å². The van der Waals surface area contributed by atoms with Crippen LogP contribution < -0.4 is 10.6 Å². The van der Waals surface area contributed by atoms with Crippen molar-refractivity contribution in [2.24, 2.45) is 5.92 Å². The SMILES string of the molecule is CC(C)(C)c1ccc(C(=O)Nc2cccc(NC(=O)C3CCN(S(=O)(=O)Cc4ccccc4)CC3)c2)cc1. The highest BCUT2D eigenvalue weighted by Gasteiger charge is 2.31. The Morgan fingerprint density at radius 1 is 0.842 bits per heavy atom. The van der Waals surface area contributed by atoms with Gasteiger partial charge in [-0.15, -0.1) is 0 Å². The molecule has 0 aromatic heterocycles. The molecule has 0 atom stereocenters. The highest BCUT2D eigenvalue weighted by Crippen LogP contribution is 2.25. The molecule has 0 saturated carbocycles. The van der Waals surface area contributed by atoms with Gasteiger partial charge < -0.3 is 10.6 Å². The van der Waals surface area contributed by atoms with E-state index in [1.807, 2.05) is 42.5 Å². The second-order valence-corrected chi connectivity index (χ2v) is 12.7. The molecule has 38 heavy (non-hydrogen) atoms. The summed E-state index contributed by atoms with van der Waals surface area (Å²) in [6, 6.07) is 23.7. The van der Waals surface area contributed by atoms with Gasteiger partial charge in [-0.1, -0.05) is 69.3 Å². The van der Waals surface area contributed by atoms with Crippen LogP contribution in [0.2, 0.25) is 0 Å². The molecule has 7 nitrogen and oxygen atoms in total. The summed E-state index contributed by atoms with van der Waals surface area (Å²) < 4.78 is 27.1. The lowest BCUT2D eigenvalue weighted by molar-refractivity contribution is -0.120. The highest BCUT2D eigenvalue weighted by molar-refractivity contribution is 7.88. The first-order chi connectivity index (χ1) is 18.0. The van der Waals surface area contributed by atoms with Crippen molar-refractivity contribution in [1.29, 1.82) is 0 Å². The van der Waals surface area contributed by atoms with Gasteiger partial charge in [-0.05, 0) is 59.7 Å². The van der Waals surface area contributed by atoms with Gasteiger partial charge in [0.25, 0.3) is 5.91 Å². The predicted molar refractivity (Wildman–Crippen MR) is 152 cm³/mol. The first-order valence-corrected chi connectivity index (χ1v) is 14.5. The molecule has 8 heteroatoms. The molecule has 0 aliphatic carbocycles. The second-order valence-electron chi connectivity index (χ2n) is 10.8. The molecule has 3 aromatic carbocycles. The van der Waals surface area contributed by atoms with Crippen LogP contribution in [0, 0.1) is 5.92 Å². The molecular formula is C30H35N3O4S. The maximum Gasteiger partial charge on any atom is 0.255 e. The number of carbonyl (C=O) groups is 2. The molecule has 0 bridgehead atoms. The number of nitrogens with one attached hydrogen (secondary N) is 2. The molecule has 3 aromatic rings. The maximum absolute atomic E-state index is 12.9. The molecule has 1 aliphatic rings. The molecular weight excluding hydrogens is 498 g/mol. The van der Waals surface area contributed by atoms with E-state index >= 15 is 0 Å². The topological polar surface area (TPSA) is 95.6 Å². The van der Waals surface area contributed by atoms with Crippen LogP contribution in [-0.2, 0) is 26.0 Å². The van der Waals surface area contributed by atoms with Crippen LogP contribution in [0.3, 0.4) is 0 Å². The van der Waals surface area contributed by atoms with Crippen molar-refractivity contribution < 1.29 is 18.0 Å². The van der Waals surface area contributed by atoms with E-state index in [0.717, 1.165) is 11.1 Å². The minimum Gasteiger partial charge on any atom is -0.326 e. The highest BCUT2D eigenvalue weighted by atomic mass is 32.2. The lowest BCUT2D eigenvalue weighted by atomic mass is 9.87. The van der Waals surface area contributed by atoms with Gasteiger partial charge in [-0.25, -0.2) is 12.7 Å². The number of anilines is 2. The molecule has 1 heterocycles. The summed E-state index contributed by atoms with van der Waals surface area (Å²) in [5, 5.41) is 5.81. The summed E-state index contributed by atoms with van der Waals surface area (Å²) in [6.07, 6.45) is 0.918. The monoisotopic (exact) mass is 533 g/mol. The Kier molecular flexibility index (Phi) is 8.33. The lowest BCUT2D eigenvalue weighted by Crippen LogP contribution is -2.41. The fraction of sp³-hybridized carbons (Fsp3) is 0.333. The summed E-state index contributed by atoms with van der Waals surface area (Å²) >= 11 is 0. The molecule has 0 radical (unpaired) electrons. The van der Waals surface area contributed by atoms with Gasteiger partial charge in [0.2, 0.25) is 15.9 Å². The van der Waals surface area contributed by atoms with E-state index in [1.165, 1.54) is 4.31 Å². The molecule has 4 rings (SSSR count). The van der Waals surface area contributed by atoms with E-state index in [0.29, 0.717) is 42.9 Å². The fourth-order valence-electron chi connectivity index (χ4n) is 4.52. The van der Waals surface area contributed by atoms with Crippen LogP contribution in [0.1, 0.15) is 55.1 Å². The van der Waals surface area contributed by atoms with Gasteiger partial charge in [0, 0.05) is 35.9 Å². The number of carbonyl (C=O) groups excluding carboxylic acids is 2. The number of nitrogens with zero attached hydrogens (tertiary/aromatic N) is 1. The van der Waals surface area contributed by atoms with Crippen molar-refractivity contribution >= 4 is 33.2 Å². The van der Waals surface area contributed by atoms with E-state index in [-0.39, 0.29) is 28.9 Å². The number of hydrogen-bond acceptors (Lipinski definition) is 4. The molecule has 1 aliphatic heterocycles. The van der Waals surface area contributed by atoms with Crippen molar-refractivity contribution in [3.05, 3.63) is 95.6 Å². The number of piperidine rings is 1. The van der Waals surface area contributed by atoms with E-state index in [9.17, 15) is 18.0 Å². The van der Waals surface area contributed by atoms with Gasteiger partial charge in [-0.3, -0.25) is 9.59 Å². The van der Waals surface area contributed by atoms with Crippen molar-refractivity contribution in [3.63, 3.8) is 0 Å². The van der Waals surface area contributed by atoms with Gasteiger partial charge >= 0.3 is 0 Å². The number of amides is 2. The molecule has 200 valence electrons. The Bertz CT molecular complexity index is 1370. The third kappa shape index (κ3) is 7.08. The zero-order valence-corrected chi connectivity index (χ0v) is 22.9. The number of rotatable bonds is 7. The first-order valence-electron chi connectivity index (χ1n) is 12.9. The predicted octanol–water partition coefficient (Wildman–Crippen LogP) is 5.42. The van der Waals surface area contributed by atoms with Crippen LogP contribution in [0.25, 0.3) is 0 Å².